The van der Waals surface area contributed by atoms with E-state index in [1.807, 2.05) is 54.6 Å². The van der Waals surface area contributed by atoms with Crippen molar-refractivity contribution in [1.82, 2.24) is 0 Å². The zero-order chi connectivity index (χ0) is 22.9. The highest BCUT2D eigenvalue weighted by Crippen LogP contribution is 2.30. The highest BCUT2D eigenvalue weighted by molar-refractivity contribution is 5.90. The van der Waals surface area contributed by atoms with E-state index >= 15 is 0 Å². The number of ether oxygens (including phenoxy) is 4. The molecule has 1 atom stereocenters. The molecule has 0 fully saturated rings. The molecule has 1 unspecified atom stereocenters. The number of carbonyl (C=O) groups excluding carboxylic acids is 1. The predicted molar refractivity (Wildman–Crippen MR) is 125 cm³/mol. The van der Waals surface area contributed by atoms with Crippen LogP contribution in [-0.2, 0) is 11.4 Å². The third kappa shape index (κ3) is 6.41. The van der Waals surface area contributed by atoms with Crippen molar-refractivity contribution in [3.63, 3.8) is 0 Å². The number of benzene rings is 3. The van der Waals surface area contributed by atoms with Gasteiger partial charge in [0.2, 0.25) is 5.91 Å². The Balaban J connectivity index is 1.54. The van der Waals surface area contributed by atoms with Crippen LogP contribution in [0.25, 0.3) is 0 Å². The molecule has 168 valence electrons. The van der Waals surface area contributed by atoms with Crippen LogP contribution in [0.15, 0.2) is 66.7 Å². The second-order valence-corrected chi connectivity index (χ2v) is 7.46. The monoisotopic (exact) mass is 435 g/mol. The molecule has 0 bridgehead atoms. The lowest BCUT2D eigenvalue weighted by molar-refractivity contribution is -0.114. The standard InChI is InChI=1S/C26H29NO5/c1-18(16-31-24-13-14-26(30-4)25(15-24)27-19(2)28)21-7-11-23(12-8-21)32-17-20-5-9-22(29-3)10-6-20/h5-15,18H,16-17H2,1-4H3,(H,27,28). The van der Waals surface area contributed by atoms with Crippen molar-refractivity contribution in [1.29, 1.82) is 0 Å². The van der Waals surface area contributed by atoms with E-state index < -0.39 is 0 Å². The maximum absolute atomic E-state index is 11.4. The number of nitrogens with one attached hydrogen (secondary N) is 1. The highest BCUT2D eigenvalue weighted by Gasteiger charge is 2.10. The Morgan fingerprint density at radius 3 is 2.12 bits per heavy atom. The van der Waals surface area contributed by atoms with Crippen LogP contribution in [0, 0.1) is 0 Å². The summed E-state index contributed by atoms with van der Waals surface area (Å²) in [6.45, 7) is 4.55. The molecular formula is C26H29NO5. The molecule has 1 amide bonds. The van der Waals surface area contributed by atoms with Crippen molar-refractivity contribution < 1.29 is 23.7 Å². The van der Waals surface area contributed by atoms with E-state index in [1.54, 1.807) is 26.4 Å². The van der Waals surface area contributed by atoms with E-state index in [0.717, 1.165) is 22.6 Å². The first-order valence-corrected chi connectivity index (χ1v) is 10.4. The van der Waals surface area contributed by atoms with Gasteiger partial charge in [0.25, 0.3) is 0 Å². The molecule has 3 rings (SSSR count). The van der Waals surface area contributed by atoms with Crippen molar-refractivity contribution in [3.8, 4) is 23.0 Å². The molecule has 0 aliphatic carbocycles. The number of methoxy groups -OCH3 is 2. The Labute approximate surface area is 189 Å². The summed E-state index contributed by atoms with van der Waals surface area (Å²) in [6.07, 6.45) is 0. The van der Waals surface area contributed by atoms with Gasteiger partial charge in [-0.2, -0.15) is 0 Å². The highest BCUT2D eigenvalue weighted by atomic mass is 16.5. The van der Waals surface area contributed by atoms with Crippen LogP contribution in [-0.4, -0.2) is 26.7 Å². The van der Waals surface area contributed by atoms with Gasteiger partial charge in [0, 0.05) is 18.9 Å². The van der Waals surface area contributed by atoms with Crippen molar-refractivity contribution in [2.75, 3.05) is 26.1 Å². The molecule has 6 nitrogen and oxygen atoms in total. The zero-order valence-electron chi connectivity index (χ0n) is 18.9. The van der Waals surface area contributed by atoms with Gasteiger partial charge >= 0.3 is 0 Å². The summed E-state index contributed by atoms with van der Waals surface area (Å²) in [5.74, 6) is 2.91. The Morgan fingerprint density at radius 1 is 0.844 bits per heavy atom. The molecule has 0 aliphatic heterocycles. The lowest BCUT2D eigenvalue weighted by Gasteiger charge is -2.16. The maximum Gasteiger partial charge on any atom is 0.221 e. The molecule has 0 aromatic heterocycles. The topological polar surface area (TPSA) is 66.0 Å². The SMILES string of the molecule is COc1ccc(COc2ccc(C(C)COc3ccc(OC)c(NC(C)=O)c3)cc2)cc1. The minimum absolute atomic E-state index is 0.164. The molecular weight excluding hydrogens is 406 g/mol. The number of hydrogen-bond donors (Lipinski definition) is 1. The lowest BCUT2D eigenvalue weighted by Crippen LogP contribution is -2.09. The Bertz CT molecular complexity index is 1020. The molecule has 0 heterocycles. The largest absolute Gasteiger partial charge is 0.497 e. The van der Waals surface area contributed by atoms with Gasteiger partial charge in [-0.05, 0) is 47.5 Å². The molecule has 0 saturated heterocycles. The summed E-state index contributed by atoms with van der Waals surface area (Å²) in [4.78, 5) is 11.4. The van der Waals surface area contributed by atoms with Gasteiger partial charge in [-0.1, -0.05) is 31.2 Å². The fourth-order valence-electron chi connectivity index (χ4n) is 3.16. The summed E-state index contributed by atoms with van der Waals surface area (Å²) in [5, 5.41) is 2.76. The number of carbonyl (C=O) groups is 1. The number of amides is 1. The first-order valence-electron chi connectivity index (χ1n) is 10.4. The summed E-state index contributed by atoms with van der Waals surface area (Å²) >= 11 is 0. The molecule has 32 heavy (non-hydrogen) atoms. The molecule has 3 aromatic rings. The van der Waals surface area contributed by atoms with Gasteiger partial charge in [0.05, 0.1) is 26.5 Å². The third-order valence-electron chi connectivity index (χ3n) is 5.00. The predicted octanol–water partition coefficient (Wildman–Crippen LogP) is 5.42. The third-order valence-corrected chi connectivity index (χ3v) is 5.00. The second kappa shape index (κ2) is 11.1. The van der Waals surface area contributed by atoms with Gasteiger partial charge in [-0.25, -0.2) is 0 Å². The van der Waals surface area contributed by atoms with Gasteiger partial charge in [-0.15, -0.1) is 0 Å². The quantitative estimate of drug-likeness (QED) is 0.460. The number of rotatable bonds is 10. The van der Waals surface area contributed by atoms with E-state index in [1.165, 1.54) is 6.92 Å². The normalized spacial score (nSPS) is 11.4. The van der Waals surface area contributed by atoms with Crippen molar-refractivity contribution in [3.05, 3.63) is 77.9 Å². The molecule has 0 radical (unpaired) electrons. The first-order chi connectivity index (χ1) is 15.5. The van der Waals surface area contributed by atoms with Crippen LogP contribution in [0.2, 0.25) is 0 Å². The van der Waals surface area contributed by atoms with Crippen LogP contribution in [0.3, 0.4) is 0 Å². The molecule has 0 aliphatic rings. The van der Waals surface area contributed by atoms with E-state index in [9.17, 15) is 4.79 Å². The average molecular weight is 436 g/mol. The molecule has 0 saturated carbocycles. The van der Waals surface area contributed by atoms with Crippen LogP contribution in [0.1, 0.15) is 30.9 Å². The van der Waals surface area contributed by atoms with E-state index in [-0.39, 0.29) is 11.8 Å². The van der Waals surface area contributed by atoms with Crippen LogP contribution in [0.4, 0.5) is 5.69 Å². The van der Waals surface area contributed by atoms with Gasteiger partial charge < -0.3 is 24.3 Å². The summed E-state index contributed by atoms with van der Waals surface area (Å²) in [6, 6.07) is 21.2. The smallest absolute Gasteiger partial charge is 0.221 e. The second-order valence-electron chi connectivity index (χ2n) is 7.46. The van der Waals surface area contributed by atoms with Crippen LogP contribution < -0.4 is 24.3 Å². The first kappa shape index (κ1) is 23.0. The van der Waals surface area contributed by atoms with Crippen molar-refractivity contribution in [2.24, 2.45) is 0 Å². The maximum atomic E-state index is 11.4. The van der Waals surface area contributed by atoms with Gasteiger partial charge in [0.15, 0.2) is 0 Å². The molecule has 6 heteroatoms. The van der Waals surface area contributed by atoms with Crippen LogP contribution in [0.5, 0.6) is 23.0 Å². The van der Waals surface area contributed by atoms with Crippen molar-refractivity contribution >= 4 is 11.6 Å². The summed E-state index contributed by atoms with van der Waals surface area (Å²) < 4.78 is 22.3. The number of anilines is 1. The summed E-state index contributed by atoms with van der Waals surface area (Å²) in [7, 11) is 3.22. The Morgan fingerprint density at radius 2 is 1.50 bits per heavy atom. The average Bonchev–Trinajstić information content (AvgIpc) is 2.81. The van der Waals surface area contributed by atoms with Gasteiger partial charge in [-0.3, -0.25) is 4.79 Å². The van der Waals surface area contributed by atoms with E-state index in [4.69, 9.17) is 18.9 Å². The minimum Gasteiger partial charge on any atom is -0.497 e. The van der Waals surface area contributed by atoms with Crippen LogP contribution >= 0.6 is 0 Å². The molecule has 3 aromatic carbocycles. The summed E-state index contributed by atoms with van der Waals surface area (Å²) in [5.41, 5.74) is 2.82. The van der Waals surface area contributed by atoms with Crippen molar-refractivity contribution in [2.45, 2.75) is 26.4 Å². The molecule has 1 N–H and O–H groups in total. The molecule has 0 spiro atoms. The Kier molecular flexibility index (Phi) is 7.97. The number of hydrogen-bond acceptors (Lipinski definition) is 5. The fraction of sp³-hybridized carbons (Fsp3) is 0.269. The van der Waals surface area contributed by atoms with Gasteiger partial charge in [0.1, 0.15) is 29.6 Å². The van der Waals surface area contributed by atoms with E-state index in [0.29, 0.717) is 30.4 Å². The fourth-order valence-corrected chi connectivity index (χ4v) is 3.16. The van der Waals surface area contributed by atoms with E-state index in [2.05, 4.69) is 12.2 Å². The zero-order valence-corrected chi connectivity index (χ0v) is 18.9. The minimum atomic E-state index is -0.164. The lowest BCUT2D eigenvalue weighted by atomic mass is 10.0. The Hall–Kier alpha value is -3.67.